The summed E-state index contributed by atoms with van der Waals surface area (Å²) in [6, 6.07) is 0.576. The monoisotopic (exact) mass is 191 g/mol. The summed E-state index contributed by atoms with van der Waals surface area (Å²) in [6.07, 6.45) is 3.11. The minimum Gasteiger partial charge on any atom is -0.392 e. The van der Waals surface area contributed by atoms with Crippen molar-refractivity contribution in [2.45, 2.75) is 32.4 Å². The Morgan fingerprint density at radius 1 is 1.42 bits per heavy atom. The molecular weight excluding hydrogens is 170 g/mol. The van der Waals surface area contributed by atoms with Crippen molar-refractivity contribution in [2.75, 3.05) is 25.6 Å². The van der Waals surface area contributed by atoms with Crippen LogP contribution in [0.1, 0.15) is 20.3 Å². The molecule has 0 amide bonds. The highest BCUT2D eigenvalue weighted by Crippen LogP contribution is 2.06. The van der Waals surface area contributed by atoms with E-state index in [9.17, 15) is 0 Å². The third kappa shape index (κ3) is 5.86. The second-order valence-electron chi connectivity index (χ2n) is 3.42. The number of hydrogen-bond acceptors (Lipinski definition) is 3. The predicted octanol–water partition coefficient (Wildman–Crippen LogP) is 1.44. The average molecular weight is 191 g/mol. The second kappa shape index (κ2) is 6.75. The molecule has 2 nitrogen and oxygen atoms in total. The second-order valence-corrected chi connectivity index (χ2v) is 4.40. The van der Waals surface area contributed by atoms with Gasteiger partial charge in [-0.2, -0.15) is 11.8 Å². The Balaban J connectivity index is 3.53. The molecule has 0 bridgehead atoms. The Hall–Kier alpha value is 0.270. The van der Waals surface area contributed by atoms with Crippen LogP contribution >= 0.6 is 11.8 Å². The molecule has 0 fully saturated rings. The fourth-order valence-corrected chi connectivity index (χ4v) is 1.68. The van der Waals surface area contributed by atoms with E-state index in [2.05, 4.69) is 25.1 Å². The fourth-order valence-electron chi connectivity index (χ4n) is 1.11. The molecule has 0 aliphatic heterocycles. The van der Waals surface area contributed by atoms with Gasteiger partial charge >= 0.3 is 0 Å². The molecular formula is C9H21NOS. The number of aliphatic hydroxyl groups excluding tert-OH is 1. The predicted molar refractivity (Wildman–Crippen MR) is 56.8 cm³/mol. The molecule has 12 heavy (non-hydrogen) atoms. The Labute approximate surface area is 80.3 Å². The van der Waals surface area contributed by atoms with Crippen LogP contribution in [-0.2, 0) is 0 Å². The van der Waals surface area contributed by atoms with Crippen LogP contribution in [0.3, 0.4) is 0 Å². The van der Waals surface area contributed by atoms with Crippen molar-refractivity contribution in [3.8, 4) is 0 Å². The normalized spacial score (nSPS) is 16.5. The van der Waals surface area contributed by atoms with Gasteiger partial charge in [-0.15, -0.1) is 0 Å². The van der Waals surface area contributed by atoms with Crippen molar-refractivity contribution in [3.05, 3.63) is 0 Å². The Morgan fingerprint density at radius 2 is 2.00 bits per heavy atom. The van der Waals surface area contributed by atoms with Gasteiger partial charge in [0.1, 0.15) is 0 Å². The molecule has 74 valence electrons. The van der Waals surface area contributed by atoms with Crippen molar-refractivity contribution in [1.29, 1.82) is 0 Å². The molecule has 0 aromatic rings. The first-order chi connectivity index (χ1) is 5.57. The first kappa shape index (κ1) is 12.3. The lowest BCUT2D eigenvalue weighted by molar-refractivity contribution is 0.120. The lowest BCUT2D eigenvalue weighted by atomic mass is 10.2. The number of likely N-dealkylation sites (N-methyl/N-ethyl adjacent to an activating group) is 1. The van der Waals surface area contributed by atoms with Crippen LogP contribution in [-0.4, -0.2) is 47.8 Å². The van der Waals surface area contributed by atoms with Crippen LogP contribution < -0.4 is 0 Å². The summed E-state index contributed by atoms with van der Waals surface area (Å²) in [5.41, 5.74) is 0. The third-order valence-corrected chi connectivity index (χ3v) is 2.69. The quantitative estimate of drug-likeness (QED) is 0.687. The molecule has 0 aromatic heterocycles. The highest BCUT2D eigenvalue weighted by atomic mass is 32.2. The average Bonchev–Trinajstić information content (AvgIpc) is 1.98. The van der Waals surface area contributed by atoms with Gasteiger partial charge in [-0.05, 0) is 39.3 Å². The molecule has 0 saturated heterocycles. The summed E-state index contributed by atoms with van der Waals surface area (Å²) in [7, 11) is 2.07. The van der Waals surface area contributed by atoms with Gasteiger partial charge in [-0.25, -0.2) is 0 Å². The van der Waals surface area contributed by atoms with E-state index in [1.807, 2.05) is 18.7 Å². The van der Waals surface area contributed by atoms with Gasteiger partial charge in [0, 0.05) is 12.6 Å². The molecule has 0 aliphatic rings. The molecule has 3 heteroatoms. The zero-order valence-corrected chi connectivity index (χ0v) is 9.40. The maximum atomic E-state index is 9.15. The van der Waals surface area contributed by atoms with E-state index in [1.165, 1.54) is 12.2 Å². The van der Waals surface area contributed by atoms with Crippen LogP contribution in [0.5, 0.6) is 0 Å². The number of hydrogen-bond donors (Lipinski definition) is 1. The van der Waals surface area contributed by atoms with Crippen LogP contribution in [0.15, 0.2) is 0 Å². The minimum atomic E-state index is -0.216. The van der Waals surface area contributed by atoms with Crippen LogP contribution in [0.25, 0.3) is 0 Å². The number of thioether (sulfide) groups is 1. The standard InChI is InChI=1S/C9H21NOS/c1-8(5-6-12-4)10(3)7-9(2)11/h8-9,11H,5-7H2,1-4H3/t8?,9-/m1/s1. The molecule has 0 aromatic carbocycles. The van der Waals surface area contributed by atoms with Gasteiger partial charge in [-0.1, -0.05) is 0 Å². The first-order valence-electron chi connectivity index (χ1n) is 4.45. The largest absolute Gasteiger partial charge is 0.392 e. The maximum Gasteiger partial charge on any atom is 0.0639 e. The molecule has 1 unspecified atom stereocenters. The summed E-state index contributed by atoms with van der Waals surface area (Å²) < 4.78 is 0. The highest BCUT2D eigenvalue weighted by molar-refractivity contribution is 7.98. The third-order valence-electron chi connectivity index (χ3n) is 2.04. The van der Waals surface area contributed by atoms with Crippen LogP contribution in [0.2, 0.25) is 0 Å². The number of rotatable bonds is 6. The molecule has 1 N–H and O–H groups in total. The van der Waals surface area contributed by atoms with E-state index in [1.54, 1.807) is 0 Å². The Morgan fingerprint density at radius 3 is 2.42 bits per heavy atom. The summed E-state index contributed by atoms with van der Waals surface area (Å²) in [5.74, 6) is 1.20. The zero-order chi connectivity index (χ0) is 9.56. The molecule has 2 atom stereocenters. The summed E-state index contributed by atoms with van der Waals surface area (Å²) in [6.45, 7) is 4.81. The summed E-state index contributed by atoms with van der Waals surface area (Å²) >= 11 is 1.88. The number of nitrogens with zero attached hydrogens (tertiary/aromatic N) is 1. The van der Waals surface area contributed by atoms with E-state index >= 15 is 0 Å². The van der Waals surface area contributed by atoms with E-state index in [-0.39, 0.29) is 6.10 Å². The highest BCUT2D eigenvalue weighted by Gasteiger charge is 2.09. The molecule has 0 aliphatic carbocycles. The van der Waals surface area contributed by atoms with Crippen molar-refractivity contribution in [3.63, 3.8) is 0 Å². The lowest BCUT2D eigenvalue weighted by Crippen LogP contribution is -2.35. The van der Waals surface area contributed by atoms with Gasteiger partial charge in [0.25, 0.3) is 0 Å². The topological polar surface area (TPSA) is 23.5 Å². The van der Waals surface area contributed by atoms with E-state index < -0.39 is 0 Å². The van der Waals surface area contributed by atoms with Gasteiger partial charge in [0.15, 0.2) is 0 Å². The minimum absolute atomic E-state index is 0.216. The van der Waals surface area contributed by atoms with Crippen molar-refractivity contribution in [1.82, 2.24) is 4.90 Å². The van der Waals surface area contributed by atoms with E-state index in [4.69, 9.17) is 5.11 Å². The summed E-state index contributed by atoms with van der Waals surface area (Å²) in [4.78, 5) is 2.21. The Kier molecular flexibility index (Phi) is 6.90. The van der Waals surface area contributed by atoms with Gasteiger partial charge < -0.3 is 10.0 Å². The molecule has 0 rings (SSSR count). The first-order valence-corrected chi connectivity index (χ1v) is 5.84. The van der Waals surface area contributed by atoms with Crippen molar-refractivity contribution in [2.24, 2.45) is 0 Å². The van der Waals surface area contributed by atoms with E-state index in [0.29, 0.717) is 6.04 Å². The van der Waals surface area contributed by atoms with E-state index in [0.717, 1.165) is 6.54 Å². The number of aliphatic hydroxyl groups is 1. The van der Waals surface area contributed by atoms with Gasteiger partial charge in [0.05, 0.1) is 6.10 Å². The van der Waals surface area contributed by atoms with Crippen LogP contribution in [0.4, 0.5) is 0 Å². The van der Waals surface area contributed by atoms with Crippen molar-refractivity contribution >= 4 is 11.8 Å². The zero-order valence-electron chi connectivity index (χ0n) is 8.58. The summed E-state index contributed by atoms with van der Waals surface area (Å²) in [5, 5.41) is 9.15. The van der Waals surface area contributed by atoms with Crippen molar-refractivity contribution < 1.29 is 5.11 Å². The molecule has 0 spiro atoms. The lowest BCUT2D eigenvalue weighted by Gasteiger charge is -2.25. The smallest absolute Gasteiger partial charge is 0.0639 e. The Bertz CT molecular complexity index is 109. The van der Waals surface area contributed by atoms with Crippen LogP contribution in [0, 0.1) is 0 Å². The van der Waals surface area contributed by atoms with Gasteiger partial charge in [0.2, 0.25) is 0 Å². The SMILES string of the molecule is CSCCC(C)N(C)C[C@@H](C)O. The fraction of sp³-hybridized carbons (Fsp3) is 1.00. The molecule has 0 radical (unpaired) electrons. The maximum absolute atomic E-state index is 9.15. The van der Waals surface area contributed by atoms with Gasteiger partial charge in [-0.3, -0.25) is 0 Å². The molecule has 0 heterocycles. The molecule has 0 saturated carbocycles.